The van der Waals surface area contributed by atoms with Crippen molar-refractivity contribution in [3.8, 4) is 0 Å². The van der Waals surface area contributed by atoms with Crippen LogP contribution >= 0.6 is 0 Å². The van der Waals surface area contributed by atoms with Crippen LogP contribution in [0.1, 0.15) is 45.4 Å². The fraction of sp³-hybridized carbons (Fsp3) is 0.833. The molecule has 2 unspecified atom stereocenters. The number of nitrogens with one attached hydrogen (secondary N) is 1. The van der Waals surface area contributed by atoms with Crippen LogP contribution in [0.15, 0.2) is 0 Å². The highest BCUT2D eigenvalue weighted by Crippen LogP contribution is 2.36. The summed E-state index contributed by atoms with van der Waals surface area (Å²) in [6, 6.07) is 0. The van der Waals surface area contributed by atoms with Gasteiger partial charge in [-0.1, -0.05) is 6.42 Å². The Kier molecular flexibility index (Phi) is 2.91. The topological polar surface area (TPSA) is 66.4 Å². The summed E-state index contributed by atoms with van der Waals surface area (Å²) >= 11 is 0. The fourth-order valence-electron chi connectivity index (χ4n) is 2.36. The van der Waals surface area contributed by atoms with Gasteiger partial charge in [0.2, 0.25) is 5.91 Å². The number of hydrogen-bond acceptors (Lipinski definition) is 2. The molecule has 0 bridgehead atoms. The van der Waals surface area contributed by atoms with E-state index in [0.717, 1.165) is 32.1 Å². The van der Waals surface area contributed by atoms with Gasteiger partial charge in [0.25, 0.3) is 0 Å². The van der Waals surface area contributed by atoms with Gasteiger partial charge >= 0.3 is 5.97 Å². The zero-order valence-electron chi connectivity index (χ0n) is 9.66. The lowest BCUT2D eigenvalue weighted by Crippen LogP contribution is -2.41. The number of carbonyl (C=O) groups is 2. The van der Waals surface area contributed by atoms with Crippen LogP contribution < -0.4 is 5.32 Å². The summed E-state index contributed by atoms with van der Waals surface area (Å²) < 4.78 is 0. The van der Waals surface area contributed by atoms with E-state index in [9.17, 15) is 9.59 Å². The van der Waals surface area contributed by atoms with Crippen LogP contribution in [0.4, 0.5) is 0 Å². The molecule has 2 rings (SSSR count). The SMILES string of the molecule is CC1(NC(=O)C2CCCC(C(=O)O)C2)CC1. The first-order valence-corrected chi connectivity index (χ1v) is 6.05. The third-order valence-electron chi connectivity index (χ3n) is 3.82. The molecular formula is C12H19NO3. The Balaban J connectivity index is 1.88. The third-order valence-corrected chi connectivity index (χ3v) is 3.82. The summed E-state index contributed by atoms with van der Waals surface area (Å²) in [7, 11) is 0. The number of carbonyl (C=O) groups excluding carboxylic acids is 1. The fourth-order valence-corrected chi connectivity index (χ4v) is 2.36. The summed E-state index contributed by atoms with van der Waals surface area (Å²) in [5.74, 6) is -1.11. The smallest absolute Gasteiger partial charge is 0.306 e. The molecular weight excluding hydrogens is 206 g/mol. The van der Waals surface area contributed by atoms with E-state index in [2.05, 4.69) is 5.32 Å². The highest BCUT2D eigenvalue weighted by molar-refractivity contribution is 5.81. The zero-order chi connectivity index (χ0) is 11.8. The molecule has 2 aliphatic carbocycles. The molecule has 2 atom stereocenters. The lowest BCUT2D eigenvalue weighted by atomic mass is 9.81. The maximum Gasteiger partial charge on any atom is 0.306 e. The molecule has 0 aromatic rings. The molecule has 0 heterocycles. The molecule has 2 saturated carbocycles. The molecule has 90 valence electrons. The van der Waals surface area contributed by atoms with Crippen molar-refractivity contribution in [1.29, 1.82) is 0 Å². The second-order valence-electron chi connectivity index (χ2n) is 5.45. The van der Waals surface area contributed by atoms with Gasteiger partial charge in [0.05, 0.1) is 5.92 Å². The normalized spacial score (nSPS) is 31.8. The highest BCUT2D eigenvalue weighted by atomic mass is 16.4. The second-order valence-corrected chi connectivity index (χ2v) is 5.45. The average molecular weight is 225 g/mol. The number of rotatable bonds is 3. The monoisotopic (exact) mass is 225 g/mol. The Morgan fingerprint density at radius 1 is 1.25 bits per heavy atom. The predicted octanol–water partition coefficient (Wildman–Crippen LogP) is 1.55. The Bertz CT molecular complexity index is 309. The van der Waals surface area contributed by atoms with Gasteiger partial charge < -0.3 is 10.4 Å². The van der Waals surface area contributed by atoms with E-state index < -0.39 is 5.97 Å². The number of carboxylic acid groups (broad SMARTS) is 1. The maximum absolute atomic E-state index is 11.9. The largest absolute Gasteiger partial charge is 0.481 e. The number of aliphatic carboxylic acids is 1. The quantitative estimate of drug-likeness (QED) is 0.765. The maximum atomic E-state index is 11.9. The van der Waals surface area contributed by atoms with Crippen molar-refractivity contribution in [3.63, 3.8) is 0 Å². The number of hydrogen-bond donors (Lipinski definition) is 2. The van der Waals surface area contributed by atoms with E-state index in [0.29, 0.717) is 6.42 Å². The first-order valence-electron chi connectivity index (χ1n) is 6.05. The summed E-state index contributed by atoms with van der Waals surface area (Å²) in [5.41, 5.74) is 0.00719. The van der Waals surface area contributed by atoms with E-state index in [1.807, 2.05) is 6.92 Å². The van der Waals surface area contributed by atoms with Crippen molar-refractivity contribution in [2.45, 2.75) is 51.0 Å². The van der Waals surface area contributed by atoms with Gasteiger partial charge in [-0.15, -0.1) is 0 Å². The van der Waals surface area contributed by atoms with E-state index in [1.54, 1.807) is 0 Å². The molecule has 16 heavy (non-hydrogen) atoms. The summed E-state index contributed by atoms with van der Waals surface area (Å²) in [6.07, 6.45) is 5.02. The minimum absolute atomic E-state index is 0.00719. The third kappa shape index (κ3) is 2.54. The van der Waals surface area contributed by atoms with Crippen LogP contribution in [-0.2, 0) is 9.59 Å². The summed E-state index contributed by atoms with van der Waals surface area (Å²) in [4.78, 5) is 22.8. The molecule has 2 aliphatic rings. The average Bonchev–Trinajstić information content (AvgIpc) is 2.96. The Labute approximate surface area is 95.4 Å². The Hall–Kier alpha value is -1.06. The lowest BCUT2D eigenvalue weighted by Gasteiger charge is -2.27. The van der Waals surface area contributed by atoms with E-state index >= 15 is 0 Å². The van der Waals surface area contributed by atoms with Gasteiger partial charge in [0, 0.05) is 11.5 Å². The van der Waals surface area contributed by atoms with Crippen molar-refractivity contribution in [1.82, 2.24) is 5.32 Å². The van der Waals surface area contributed by atoms with Crippen molar-refractivity contribution >= 4 is 11.9 Å². The van der Waals surface area contributed by atoms with Crippen LogP contribution in [0.3, 0.4) is 0 Å². The Morgan fingerprint density at radius 3 is 2.44 bits per heavy atom. The van der Waals surface area contributed by atoms with Crippen molar-refractivity contribution < 1.29 is 14.7 Å². The molecule has 0 spiro atoms. The van der Waals surface area contributed by atoms with Gasteiger partial charge in [-0.3, -0.25) is 9.59 Å². The lowest BCUT2D eigenvalue weighted by molar-refractivity contribution is -0.144. The predicted molar refractivity (Wildman–Crippen MR) is 58.9 cm³/mol. The van der Waals surface area contributed by atoms with Gasteiger partial charge in [0.15, 0.2) is 0 Å². The van der Waals surface area contributed by atoms with Gasteiger partial charge in [-0.05, 0) is 39.0 Å². The van der Waals surface area contributed by atoms with E-state index in [4.69, 9.17) is 5.11 Å². The molecule has 2 N–H and O–H groups in total. The van der Waals surface area contributed by atoms with Crippen LogP contribution in [0.2, 0.25) is 0 Å². The number of amides is 1. The summed E-state index contributed by atoms with van der Waals surface area (Å²) in [5, 5.41) is 12.0. The first kappa shape index (κ1) is 11.4. The molecule has 1 amide bonds. The van der Waals surface area contributed by atoms with Gasteiger partial charge in [-0.2, -0.15) is 0 Å². The minimum Gasteiger partial charge on any atom is -0.481 e. The van der Waals surface area contributed by atoms with Crippen LogP contribution in [0.5, 0.6) is 0 Å². The molecule has 2 fully saturated rings. The van der Waals surface area contributed by atoms with Crippen LogP contribution in [0, 0.1) is 11.8 Å². The highest BCUT2D eigenvalue weighted by Gasteiger charge is 2.41. The standard InChI is InChI=1S/C12H19NO3/c1-12(5-6-12)13-10(14)8-3-2-4-9(7-8)11(15)16/h8-9H,2-7H2,1H3,(H,13,14)(H,15,16). The Morgan fingerprint density at radius 2 is 1.88 bits per heavy atom. The molecule has 0 radical (unpaired) electrons. The summed E-state index contributed by atoms with van der Waals surface area (Å²) in [6.45, 7) is 2.04. The molecule has 0 aliphatic heterocycles. The van der Waals surface area contributed by atoms with Gasteiger partial charge in [-0.25, -0.2) is 0 Å². The molecule has 4 nitrogen and oxygen atoms in total. The minimum atomic E-state index is -0.755. The molecule has 0 saturated heterocycles. The van der Waals surface area contributed by atoms with Crippen LogP contribution in [0.25, 0.3) is 0 Å². The zero-order valence-corrected chi connectivity index (χ0v) is 9.66. The number of carboxylic acids is 1. The molecule has 0 aromatic heterocycles. The van der Waals surface area contributed by atoms with Crippen molar-refractivity contribution in [3.05, 3.63) is 0 Å². The molecule has 0 aromatic carbocycles. The van der Waals surface area contributed by atoms with Crippen molar-refractivity contribution in [2.75, 3.05) is 0 Å². The second kappa shape index (κ2) is 4.07. The van der Waals surface area contributed by atoms with Crippen molar-refractivity contribution in [2.24, 2.45) is 11.8 Å². The van der Waals surface area contributed by atoms with Gasteiger partial charge in [0.1, 0.15) is 0 Å². The van der Waals surface area contributed by atoms with E-state index in [-0.39, 0.29) is 23.3 Å². The van der Waals surface area contributed by atoms with Crippen LogP contribution in [-0.4, -0.2) is 22.5 Å². The van der Waals surface area contributed by atoms with E-state index in [1.165, 1.54) is 0 Å². The molecule has 4 heteroatoms. The first-order chi connectivity index (χ1) is 7.50.